The third-order valence-electron chi connectivity index (χ3n) is 3.07. The SMILES string of the molecule is CNc1cc(SCC2CCCO2)nc(C(C)(C)C)n1. The lowest BCUT2D eigenvalue weighted by atomic mass is 9.96. The molecule has 1 N–H and O–H groups in total. The fourth-order valence-corrected chi connectivity index (χ4v) is 2.88. The van der Waals surface area contributed by atoms with Crippen molar-refractivity contribution in [2.24, 2.45) is 0 Å². The number of ether oxygens (including phenoxy) is 1. The molecule has 0 aromatic carbocycles. The van der Waals surface area contributed by atoms with Gasteiger partial charge in [-0.1, -0.05) is 20.8 Å². The number of aromatic nitrogens is 2. The average Bonchev–Trinajstić information content (AvgIpc) is 2.88. The predicted molar refractivity (Wildman–Crippen MR) is 80.0 cm³/mol. The van der Waals surface area contributed by atoms with Crippen LogP contribution in [0.1, 0.15) is 39.4 Å². The second-order valence-corrected chi connectivity index (χ2v) is 6.90. The summed E-state index contributed by atoms with van der Waals surface area (Å²) in [6.07, 6.45) is 2.74. The first kappa shape index (κ1) is 14.6. The van der Waals surface area contributed by atoms with Gasteiger partial charge in [-0.2, -0.15) is 0 Å². The zero-order valence-corrected chi connectivity index (χ0v) is 13.0. The molecule has 0 aliphatic carbocycles. The summed E-state index contributed by atoms with van der Waals surface area (Å²) in [6, 6.07) is 2.01. The lowest BCUT2D eigenvalue weighted by molar-refractivity contribution is 0.129. The summed E-state index contributed by atoms with van der Waals surface area (Å²) in [6.45, 7) is 7.31. The minimum absolute atomic E-state index is 0.0357. The Bertz CT molecular complexity index is 425. The van der Waals surface area contributed by atoms with Gasteiger partial charge in [-0.3, -0.25) is 0 Å². The van der Waals surface area contributed by atoms with E-state index in [9.17, 15) is 0 Å². The van der Waals surface area contributed by atoms with Crippen LogP contribution >= 0.6 is 11.8 Å². The highest BCUT2D eigenvalue weighted by atomic mass is 32.2. The first-order chi connectivity index (χ1) is 8.99. The van der Waals surface area contributed by atoms with E-state index < -0.39 is 0 Å². The zero-order chi connectivity index (χ0) is 13.9. The molecular formula is C14H23N3OS. The van der Waals surface area contributed by atoms with Crippen LogP contribution < -0.4 is 5.32 Å². The van der Waals surface area contributed by atoms with Crippen LogP contribution in [0.4, 0.5) is 5.82 Å². The molecule has 19 heavy (non-hydrogen) atoms. The van der Waals surface area contributed by atoms with E-state index >= 15 is 0 Å². The number of nitrogens with one attached hydrogen (secondary N) is 1. The van der Waals surface area contributed by atoms with Crippen LogP contribution in [0.5, 0.6) is 0 Å². The molecule has 0 saturated carbocycles. The van der Waals surface area contributed by atoms with E-state index in [1.54, 1.807) is 11.8 Å². The van der Waals surface area contributed by atoms with Gasteiger partial charge in [-0.15, -0.1) is 11.8 Å². The number of anilines is 1. The van der Waals surface area contributed by atoms with Crippen LogP contribution in [0, 0.1) is 0 Å². The normalized spacial score (nSPS) is 19.7. The molecule has 1 aliphatic rings. The molecule has 4 nitrogen and oxygen atoms in total. The van der Waals surface area contributed by atoms with Gasteiger partial charge in [0.1, 0.15) is 16.7 Å². The van der Waals surface area contributed by atoms with E-state index in [1.807, 2.05) is 13.1 Å². The minimum atomic E-state index is -0.0357. The molecule has 5 heteroatoms. The van der Waals surface area contributed by atoms with E-state index in [2.05, 4.69) is 36.1 Å². The standard InChI is InChI=1S/C14H23N3OS/c1-14(2,3)13-16-11(15-4)8-12(17-13)19-9-10-6-5-7-18-10/h8,10H,5-7,9H2,1-4H3,(H,15,16,17). The Balaban J connectivity index is 2.10. The molecule has 0 bridgehead atoms. The van der Waals surface area contributed by atoms with Crippen molar-refractivity contribution in [3.05, 3.63) is 11.9 Å². The molecule has 1 aromatic heterocycles. The van der Waals surface area contributed by atoms with E-state index in [0.29, 0.717) is 6.10 Å². The van der Waals surface area contributed by atoms with Crippen LogP contribution in [0.25, 0.3) is 0 Å². The summed E-state index contributed by atoms with van der Waals surface area (Å²) < 4.78 is 5.65. The van der Waals surface area contributed by atoms with E-state index in [4.69, 9.17) is 4.74 Å². The number of nitrogens with zero attached hydrogens (tertiary/aromatic N) is 2. The lowest BCUT2D eigenvalue weighted by Gasteiger charge is -2.18. The summed E-state index contributed by atoms with van der Waals surface area (Å²) in [4.78, 5) is 9.21. The van der Waals surface area contributed by atoms with Gasteiger partial charge in [0.15, 0.2) is 0 Å². The first-order valence-corrected chi connectivity index (χ1v) is 7.79. The van der Waals surface area contributed by atoms with Gasteiger partial charge in [-0.05, 0) is 12.8 Å². The van der Waals surface area contributed by atoms with Crippen LogP contribution in [0.2, 0.25) is 0 Å². The van der Waals surface area contributed by atoms with Gasteiger partial charge in [-0.25, -0.2) is 9.97 Å². The Morgan fingerprint density at radius 3 is 2.79 bits per heavy atom. The summed E-state index contributed by atoms with van der Waals surface area (Å²) in [5.74, 6) is 2.74. The van der Waals surface area contributed by atoms with Crippen molar-refractivity contribution in [3.63, 3.8) is 0 Å². The lowest BCUT2D eigenvalue weighted by Crippen LogP contribution is -2.17. The third kappa shape index (κ3) is 4.08. The molecule has 1 saturated heterocycles. The fourth-order valence-electron chi connectivity index (χ4n) is 1.92. The third-order valence-corrected chi connectivity index (χ3v) is 4.11. The summed E-state index contributed by atoms with van der Waals surface area (Å²) in [7, 11) is 1.89. The number of rotatable bonds is 4. The van der Waals surface area contributed by atoms with Gasteiger partial charge in [0.25, 0.3) is 0 Å². The van der Waals surface area contributed by atoms with Gasteiger partial charge in [0.05, 0.1) is 6.10 Å². The molecule has 1 aromatic rings. The highest BCUT2D eigenvalue weighted by Crippen LogP contribution is 2.27. The monoisotopic (exact) mass is 281 g/mol. The summed E-state index contributed by atoms with van der Waals surface area (Å²) in [5, 5.41) is 4.14. The molecule has 0 spiro atoms. The van der Waals surface area contributed by atoms with Crippen molar-refractivity contribution >= 4 is 17.6 Å². The summed E-state index contributed by atoms with van der Waals surface area (Å²) >= 11 is 1.76. The highest BCUT2D eigenvalue weighted by molar-refractivity contribution is 7.99. The number of hydrogen-bond donors (Lipinski definition) is 1. The van der Waals surface area contributed by atoms with Crippen molar-refractivity contribution in [2.45, 2.75) is 50.2 Å². The Morgan fingerprint density at radius 1 is 1.42 bits per heavy atom. The van der Waals surface area contributed by atoms with Gasteiger partial charge in [0.2, 0.25) is 0 Å². The quantitative estimate of drug-likeness (QED) is 0.679. The maximum absolute atomic E-state index is 5.65. The second-order valence-electron chi connectivity index (χ2n) is 5.86. The van der Waals surface area contributed by atoms with E-state index in [1.165, 1.54) is 12.8 Å². The molecule has 1 fully saturated rings. The molecule has 1 unspecified atom stereocenters. The van der Waals surface area contributed by atoms with Gasteiger partial charge in [0, 0.05) is 30.9 Å². The second kappa shape index (κ2) is 6.09. The maximum atomic E-state index is 5.65. The van der Waals surface area contributed by atoms with Crippen LogP contribution in [-0.2, 0) is 10.2 Å². The molecule has 0 amide bonds. The molecule has 106 valence electrons. The first-order valence-electron chi connectivity index (χ1n) is 6.81. The van der Waals surface area contributed by atoms with E-state index in [-0.39, 0.29) is 5.41 Å². The van der Waals surface area contributed by atoms with Crippen LogP contribution in [-0.4, -0.2) is 35.5 Å². The van der Waals surface area contributed by atoms with Crippen molar-refractivity contribution < 1.29 is 4.74 Å². The molecule has 1 aliphatic heterocycles. The Labute approximate surface area is 119 Å². The zero-order valence-electron chi connectivity index (χ0n) is 12.2. The van der Waals surface area contributed by atoms with Crippen molar-refractivity contribution in [2.75, 3.05) is 24.7 Å². The highest BCUT2D eigenvalue weighted by Gasteiger charge is 2.20. The Kier molecular flexibility index (Phi) is 4.68. The summed E-state index contributed by atoms with van der Waals surface area (Å²) in [5.41, 5.74) is -0.0357. The van der Waals surface area contributed by atoms with Crippen molar-refractivity contribution in [3.8, 4) is 0 Å². The van der Waals surface area contributed by atoms with Gasteiger partial charge >= 0.3 is 0 Å². The topological polar surface area (TPSA) is 47.0 Å². The predicted octanol–water partition coefficient (Wildman–Crippen LogP) is 3.09. The molecular weight excluding hydrogens is 258 g/mol. The molecule has 0 radical (unpaired) electrons. The van der Waals surface area contributed by atoms with Crippen molar-refractivity contribution in [1.82, 2.24) is 9.97 Å². The largest absolute Gasteiger partial charge is 0.377 e. The van der Waals surface area contributed by atoms with Gasteiger partial charge < -0.3 is 10.1 Å². The molecule has 2 heterocycles. The minimum Gasteiger partial charge on any atom is -0.377 e. The average molecular weight is 281 g/mol. The maximum Gasteiger partial charge on any atom is 0.137 e. The van der Waals surface area contributed by atoms with Crippen LogP contribution in [0.3, 0.4) is 0 Å². The van der Waals surface area contributed by atoms with Crippen LogP contribution in [0.15, 0.2) is 11.1 Å². The Hall–Kier alpha value is -0.810. The number of thioether (sulfide) groups is 1. The fraction of sp³-hybridized carbons (Fsp3) is 0.714. The Morgan fingerprint density at radius 2 is 2.21 bits per heavy atom. The van der Waals surface area contributed by atoms with E-state index in [0.717, 1.165) is 29.0 Å². The molecule has 2 rings (SSSR count). The van der Waals surface area contributed by atoms with Crippen molar-refractivity contribution in [1.29, 1.82) is 0 Å². The molecule has 1 atom stereocenters. The smallest absolute Gasteiger partial charge is 0.137 e. The number of hydrogen-bond acceptors (Lipinski definition) is 5.